The van der Waals surface area contributed by atoms with Gasteiger partial charge in [0.1, 0.15) is 29.0 Å². The Balaban J connectivity index is 1.45. The van der Waals surface area contributed by atoms with Gasteiger partial charge in [-0.05, 0) is 75.4 Å². The van der Waals surface area contributed by atoms with Crippen LogP contribution in [0.3, 0.4) is 0 Å². The highest BCUT2D eigenvalue weighted by Crippen LogP contribution is 2.24. The number of nitrogens with zero attached hydrogens (tertiary/aromatic N) is 1. The number of para-hydroxylation sites is 1. The Morgan fingerprint density at radius 1 is 0.850 bits per heavy atom. The minimum Gasteiger partial charge on any atom is -0.497 e. The molecule has 0 aliphatic carbocycles. The predicted molar refractivity (Wildman–Crippen MR) is 149 cm³/mol. The normalized spacial score (nSPS) is 16.6. The molecule has 2 atom stereocenters. The van der Waals surface area contributed by atoms with E-state index < -0.39 is 35.8 Å². The Morgan fingerprint density at radius 3 is 2.23 bits per heavy atom. The second-order valence-electron chi connectivity index (χ2n) is 10.2. The molecule has 1 aliphatic rings. The lowest BCUT2D eigenvalue weighted by molar-refractivity contribution is 0.0180. The topological polar surface area (TPSA) is 115 Å². The maximum absolute atomic E-state index is 13.1. The Labute approximate surface area is 233 Å². The summed E-state index contributed by atoms with van der Waals surface area (Å²) in [5.74, 6) is 1.14. The number of urea groups is 1. The van der Waals surface area contributed by atoms with Gasteiger partial charge >= 0.3 is 18.1 Å². The first-order chi connectivity index (χ1) is 19.1. The molecule has 3 aromatic carbocycles. The summed E-state index contributed by atoms with van der Waals surface area (Å²) < 4.78 is 22.3. The van der Waals surface area contributed by atoms with Crippen LogP contribution < -0.4 is 20.1 Å². The number of nitrogens with one attached hydrogen (secondary N) is 2. The van der Waals surface area contributed by atoms with Gasteiger partial charge in [0.2, 0.25) is 0 Å². The summed E-state index contributed by atoms with van der Waals surface area (Å²) >= 11 is 0. The molecule has 3 aromatic rings. The number of amides is 3. The van der Waals surface area contributed by atoms with Crippen LogP contribution in [0.25, 0.3) is 0 Å². The molecule has 0 spiro atoms. The number of carbonyl (C=O) groups excluding carboxylic acids is 3. The monoisotopic (exact) mass is 547 g/mol. The second-order valence-corrected chi connectivity index (χ2v) is 10.2. The molecule has 1 heterocycles. The highest BCUT2D eigenvalue weighted by molar-refractivity contribution is 5.91. The number of likely N-dealkylation sites (tertiary alicyclic amines) is 1. The van der Waals surface area contributed by atoms with Crippen LogP contribution >= 0.6 is 0 Å². The van der Waals surface area contributed by atoms with Gasteiger partial charge in [-0.3, -0.25) is 0 Å². The van der Waals surface area contributed by atoms with E-state index in [1.807, 2.05) is 30.3 Å². The summed E-state index contributed by atoms with van der Waals surface area (Å²) in [4.78, 5) is 40.1. The van der Waals surface area contributed by atoms with Gasteiger partial charge < -0.3 is 34.5 Å². The minimum atomic E-state index is -0.819. The molecular formula is C30H33N3O7. The molecule has 40 heavy (non-hydrogen) atoms. The van der Waals surface area contributed by atoms with Crippen LogP contribution in [-0.2, 0) is 9.47 Å². The zero-order valence-corrected chi connectivity index (χ0v) is 22.9. The molecule has 0 bridgehead atoms. The average Bonchev–Trinajstić information content (AvgIpc) is 3.31. The van der Waals surface area contributed by atoms with Crippen LogP contribution in [0.5, 0.6) is 17.2 Å². The van der Waals surface area contributed by atoms with Crippen molar-refractivity contribution in [1.82, 2.24) is 10.2 Å². The van der Waals surface area contributed by atoms with E-state index in [1.165, 1.54) is 4.90 Å². The standard InChI is InChI=1S/C30H33N3O7/c1-30(2,3)40-29(36)33-18-25(32-28(35)31-21-13-15-22(37-4)16-14-21)26(19-33)39-27(34)20-9-8-12-24(17-20)38-23-10-6-5-7-11-23/h5-17,25-26H,18-19H2,1-4H3,(H2,31,32,35)/t25-,26-/m0/s1. The smallest absolute Gasteiger partial charge is 0.410 e. The van der Waals surface area contributed by atoms with Crippen molar-refractivity contribution >= 4 is 23.8 Å². The largest absolute Gasteiger partial charge is 0.497 e. The lowest BCUT2D eigenvalue weighted by Crippen LogP contribution is -2.46. The Bertz CT molecular complexity index is 1320. The first kappa shape index (κ1) is 28.3. The van der Waals surface area contributed by atoms with Gasteiger partial charge in [0.15, 0.2) is 0 Å². The van der Waals surface area contributed by atoms with Gasteiger partial charge in [0.05, 0.1) is 25.3 Å². The van der Waals surface area contributed by atoms with Crippen LogP contribution in [0.15, 0.2) is 78.9 Å². The van der Waals surface area contributed by atoms with E-state index in [0.717, 1.165) is 0 Å². The van der Waals surface area contributed by atoms with E-state index in [2.05, 4.69) is 10.6 Å². The molecule has 1 fully saturated rings. The van der Waals surface area contributed by atoms with Gasteiger partial charge in [0.25, 0.3) is 0 Å². The summed E-state index contributed by atoms with van der Waals surface area (Å²) in [6.45, 7) is 5.44. The number of hydrogen-bond acceptors (Lipinski definition) is 7. The zero-order chi connectivity index (χ0) is 28.7. The summed E-state index contributed by atoms with van der Waals surface area (Å²) in [5.41, 5.74) is 0.106. The highest BCUT2D eigenvalue weighted by atomic mass is 16.6. The molecule has 0 saturated carbocycles. The van der Waals surface area contributed by atoms with E-state index in [0.29, 0.717) is 22.9 Å². The lowest BCUT2D eigenvalue weighted by atomic mass is 10.2. The molecule has 0 radical (unpaired) electrons. The second kappa shape index (κ2) is 12.4. The lowest BCUT2D eigenvalue weighted by Gasteiger charge is -2.24. The molecule has 10 heteroatoms. The van der Waals surface area contributed by atoms with E-state index in [-0.39, 0.29) is 18.7 Å². The van der Waals surface area contributed by atoms with Crippen molar-refractivity contribution in [2.24, 2.45) is 0 Å². The van der Waals surface area contributed by atoms with Crippen LogP contribution in [-0.4, -0.2) is 60.9 Å². The van der Waals surface area contributed by atoms with Gasteiger partial charge in [-0.25, -0.2) is 14.4 Å². The number of anilines is 1. The van der Waals surface area contributed by atoms with Crippen LogP contribution in [0.2, 0.25) is 0 Å². The summed E-state index contributed by atoms with van der Waals surface area (Å²) in [7, 11) is 1.56. The maximum Gasteiger partial charge on any atom is 0.410 e. The highest BCUT2D eigenvalue weighted by Gasteiger charge is 2.40. The van der Waals surface area contributed by atoms with Gasteiger partial charge in [-0.2, -0.15) is 0 Å². The number of rotatable bonds is 7. The van der Waals surface area contributed by atoms with Crippen molar-refractivity contribution in [2.75, 3.05) is 25.5 Å². The van der Waals surface area contributed by atoms with Gasteiger partial charge in [-0.15, -0.1) is 0 Å². The van der Waals surface area contributed by atoms with Crippen molar-refractivity contribution in [3.63, 3.8) is 0 Å². The van der Waals surface area contributed by atoms with E-state index >= 15 is 0 Å². The quantitative estimate of drug-likeness (QED) is 0.378. The third-order valence-corrected chi connectivity index (χ3v) is 5.89. The number of benzene rings is 3. The Kier molecular flexibility index (Phi) is 8.78. The van der Waals surface area contributed by atoms with Crippen LogP contribution in [0.1, 0.15) is 31.1 Å². The first-order valence-electron chi connectivity index (χ1n) is 12.8. The van der Waals surface area contributed by atoms with Crippen molar-refractivity contribution in [3.05, 3.63) is 84.4 Å². The van der Waals surface area contributed by atoms with Crippen molar-refractivity contribution in [1.29, 1.82) is 0 Å². The molecule has 1 saturated heterocycles. The summed E-state index contributed by atoms with van der Waals surface area (Å²) in [6, 6.07) is 21.4. The molecule has 0 unspecified atom stereocenters. The number of ether oxygens (including phenoxy) is 4. The third kappa shape index (κ3) is 7.89. The number of hydrogen-bond donors (Lipinski definition) is 2. The van der Waals surface area contributed by atoms with Crippen LogP contribution in [0.4, 0.5) is 15.3 Å². The molecule has 4 rings (SSSR count). The molecule has 3 amide bonds. The molecule has 1 aliphatic heterocycles. The first-order valence-corrected chi connectivity index (χ1v) is 12.8. The summed E-state index contributed by atoms with van der Waals surface area (Å²) in [6.07, 6.45) is -1.38. The van der Waals surface area contributed by atoms with E-state index in [1.54, 1.807) is 76.4 Å². The van der Waals surface area contributed by atoms with E-state index in [4.69, 9.17) is 18.9 Å². The predicted octanol–water partition coefficient (Wildman–Crippen LogP) is 5.45. The molecule has 0 aromatic heterocycles. The average molecular weight is 548 g/mol. The Morgan fingerprint density at radius 2 is 1.55 bits per heavy atom. The fourth-order valence-corrected chi connectivity index (χ4v) is 4.03. The fraction of sp³-hybridized carbons (Fsp3) is 0.300. The zero-order valence-electron chi connectivity index (χ0n) is 22.9. The van der Waals surface area contributed by atoms with E-state index in [9.17, 15) is 14.4 Å². The van der Waals surface area contributed by atoms with Crippen molar-refractivity contribution in [3.8, 4) is 17.2 Å². The molecule has 10 nitrogen and oxygen atoms in total. The third-order valence-electron chi connectivity index (χ3n) is 5.89. The number of methoxy groups -OCH3 is 1. The Hall–Kier alpha value is -4.73. The van der Waals surface area contributed by atoms with Crippen molar-refractivity contribution < 1.29 is 33.3 Å². The molecular weight excluding hydrogens is 514 g/mol. The summed E-state index contributed by atoms with van der Waals surface area (Å²) in [5, 5.41) is 5.56. The number of esters is 1. The molecule has 210 valence electrons. The molecule has 2 N–H and O–H groups in total. The van der Waals surface area contributed by atoms with Gasteiger partial charge in [0, 0.05) is 12.2 Å². The van der Waals surface area contributed by atoms with Crippen LogP contribution in [0, 0.1) is 0 Å². The van der Waals surface area contributed by atoms with Crippen molar-refractivity contribution in [2.45, 2.75) is 38.5 Å². The number of carbonyl (C=O) groups is 3. The van der Waals surface area contributed by atoms with Gasteiger partial charge in [-0.1, -0.05) is 24.3 Å². The minimum absolute atomic E-state index is 0.0499. The SMILES string of the molecule is COc1ccc(NC(=O)N[C@H]2CN(C(=O)OC(C)(C)C)C[C@@H]2OC(=O)c2cccc(Oc3ccccc3)c2)cc1. The fourth-order valence-electron chi connectivity index (χ4n) is 4.03. The maximum atomic E-state index is 13.1.